The molecule has 27 heavy (non-hydrogen) atoms. The number of para-hydroxylation sites is 2. The van der Waals surface area contributed by atoms with Gasteiger partial charge in [0.2, 0.25) is 0 Å². The summed E-state index contributed by atoms with van der Waals surface area (Å²) in [6.45, 7) is 1.53. The Kier molecular flexibility index (Phi) is 6.34. The Hall–Kier alpha value is -2.11. The van der Waals surface area contributed by atoms with Gasteiger partial charge in [-0.25, -0.2) is 0 Å². The van der Waals surface area contributed by atoms with Gasteiger partial charge in [-0.05, 0) is 37.1 Å². The third-order valence-corrected chi connectivity index (χ3v) is 5.41. The number of rotatable bonds is 5. The summed E-state index contributed by atoms with van der Waals surface area (Å²) >= 11 is 0. The Bertz CT molecular complexity index is 778. The number of ether oxygens (including phenoxy) is 1. The molecule has 0 atom stereocenters. The molecule has 0 aromatic heterocycles. The molecular weight excluding hydrogens is 364 g/mol. The number of anilines is 1. The zero-order valence-electron chi connectivity index (χ0n) is 15.3. The van der Waals surface area contributed by atoms with Gasteiger partial charge in [-0.1, -0.05) is 31.4 Å². The summed E-state index contributed by atoms with van der Waals surface area (Å²) in [6.07, 6.45) is 6.25. The van der Waals surface area contributed by atoms with Crippen LogP contribution in [0.5, 0.6) is 17.2 Å². The summed E-state index contributed by atoms with van der Waals surface area (Å²) in [6, 6.07) is 11.7. The Morgan fingerprint density at radius 1 is 1.00 bits per heavy atom. The molecule has 6 heteroatoms. The minimum atomic E-state index is 0. The topological polar surface area (TPSA) is 65.0 Å². The van der Waals surface area contributed by atoms with E-state index in [1.807, 2.05) is 29.2 Å². The third-order valence-electron chi connectivity index (χ3n) is 5.41. The summed E-state index contributed by atoms with van der Waals surface area (Å²) in [5.41, 5.74) is 2.45. The van der Waals surface area contributed by atoms with Crippen molar-refractivity contribution >= 4 is 5.69 Å². The van der Waals surface area contributed by atoms with Gasteiger partial charge in [0.05, 0.1) is 12.2 Å². The number of halogens is 1. The lowest BCUT2D eigenvalue weighted by molar-refractivity contribution is -0.00000765. The maximum atomic E-state index is 10.5. The fourth-order valence-electron chi connectivity index (χ4n) is 3.89. The molecule has 0 bridgehead atoms. The van der Waals surface area contributed by atoms with Crippen LogP contribution >= 0.6 is 0 Å². The molecule has 2 aromatic carbocycles. The summed E-state index contributed by atoms with van der Waals surface area (Å²) in [5.74, 6) is 1.30. The number of nitrogens with zero attached hydrogens (tertiary/aromatic N) is 1. The molecule has 0 spiro atoms. The highest BCUT2D eigenvalue weighted by Crippen LogP contribution is 2.36. The van der Waals surface area contributed by atoms with Crippen molar-refractivity contribution in [2.24, 2.45) is 0 Å². The van der Waals surface area contributed by atoms with Crippen LogP contribution in [0.3, 0.4) is 0 Å². The van der Waals surface area contributed by atoms with Crippen LogP contribution in [0, 0.1) is 0 Å². The molecule has 3 N–H and O–H groups in total. The van der Waals surface area contributed by atoms with Gasteiger partial charge in [-0.2, -0.15) is 0 Å². The highest BCUT2D eigenvalue weighted by molar-refractivity contribution is 5.61. The van der Waals surface area contributed by atoms with Gasteiger partial charge in [0.15, 0.2) is 6.73 Å². The largest absolute Gasteiger partial charge is 1.00 e. The maximum Gasteiger partial charge on any atom is 0.162 e. The molecule has 1 fully saturated rings. The van der Waals surface area contributed by atoms with Gasteiger partial charge in [0.1, 0.15) is 17.2 Å². The molecule has 1 aliphatic carbocycles. The van der Waals surface area contributed by atoms with Crippen molar-refractivity contribution in [3.05, 3.63) is 47.5 Å². The van der Waals surface area contributed by atoms with E-state index in [1.165, 1.54) is 32.1 Å². The molecule has 0 amide bonds. The number of benzene rings is 2. The first kappa shape index (κ1) is 19.6. The highest BCUT2D eigenvalue weighted by Gasteiger charge is 2.21. The number of aromatic hydroxyl groups is 2. The quantitative estimate of drug-likeness (QED) is 0.663. The molecule has 1 saturated carbocycles. The molecule has 1 heterocycles. The van der Waals surface area contributed by atoms with E-state index in [0.29, 0.717) is 31.4 Å². The van der Waals surface area contributed by atoms with E-state index in [2.05, 4.69) is 5.32 Å². The van der Waals surface area contributed by atoms with Gasteiger partial charge in [-0.15, -0.1) is 0 Å². The fraction of sp³-hybridized carbons (Fsp3) is 0.429. The lowest BCUT2D eigenvalue weighted by Crippen LogP contribution is -3.00. The van der Waals surface area contributed by atoms with Gasteiger partial charge in [0.25, 0.3) is 0 Å². The Morgan fingerprint density at radius 2 is 1.70 bits per heavy atom. The van der Waals surface area contributed by atoms with E-state index in [1.54, 1.807) is 12.1 Å². The minimum Gasteiger partial charge on any atom is -1.00 e. The third kappa shape index (κ3) is 4.42. The average Bonchev–Trinajstić information content (AvgIpc) is 3.07. The number of phenols is 2. The lowest BCUT2D eigenvalue weighted by atomic mass is 9.95. The van der Waals surface area contributed by atoms with Crippen LogP contribution in [0.15, 0.2) is 36.4 Å². The van der Waals surface area contributed by atoms with Crippen molar-refractivity contribution in [3.8, 4) is 17.2 Å². The molecule has 0 saturated heterocycles. The van der Waals surface area contributed by atoms with E-state index < -0.39 is 0 Å². The standard InChI is InChI=1S/C21H26N2O3.ClH/c24-19-11-16(13-23-14-26-21-9-5-4-8-18(21)23)20(25)10-15(19)12-22-17-6-2-1-3-7-17;/h4-5,8-11,17,22,24-25H,1-3,6-7,12-14H2;1H/p-1. The molecule has 146 valence electrons. The smallest absolute Gasteiger partial charge is 0.162 e. The Labute approximate surface area is 166 Å². The van der Waals surface area contributed by atoms with Crippen LogP contribution in [-0.4, -0.2) is 23.0 Å². The molecule has 0 unspecified atom stereocenters. The summed E-state index contributed by atoms with van der Waals surface area (Å²) in [5, 5.41) is 24.4. The van der Waals surface area contributed by atoms with Crippen LogP contribution in [0.1, 0.15) is 43.2 Å². The molecular formula is C21H26ClN2O3-. The lowest BCUT2D eigenvalue weighted by Gasteiger charge is -2.23. The van der Waals surface area contributed by atoms with Crippen LogP contribution in [0.2, 0.25) is 0 Å². The van der Waals surface area contributed by atoms with Crippen molar-refractivity contribution in [3.63, 3.8) is 0 Å². The number of fused-ring (bicyclic) bond motifs is 1. The van der Waals surface area contributed by atoms with Crippen LogP contribution in [0.4, 0.5) is 5.69 Å². The zero-order valence-corrected chi connectivity index (χ0v) is 16.1. The van der Waals surface area contributed by atoms with E-state index >= 15 is 0 Å². The van der Waals surface area contributed by atoms with Gasteiger partial charge in [0, 0.05) is 23.7 Å². The van der Waals surface area contributed by atoms with Gasteiger partial charge < -0.3 is 37.6 Å². The molecule has 2 aliphatic rings. The first-order chi connectivity index (χ1) is 12.7. The molecule has 0 radical (unpaired) electrons. The average molecular weight is 390 g/mol. The van der Waals surface area contributed by atoms with Crippen LogP contribution in [-0.2, 0) is 13.1 Å². The second kappa shape index (κ2) is 8.72. The number of hydrogen-bond acceptors (Lipinski definition) is 5. The van der Waals surface area contributed by atoms with Gasteiger partial charge >= 0.3 is 0 Å². The molecule has 2 aromatic rings. The fourth-order valence-corrected chi connectivity index (χ4v) is 3.89. The SMILES string of the molecule is Oc1cc(CN2COc3ccccc32)c(O)cc1CNC1CCCCC1.[Cl-]. The molecule has 5 nitrogen and oxygen atoms in total. The first-order valence-electron chi connectivity index (χ1n) is 9.44. The number of hydrogen-bond donors (Lipinski definition) is 3. The first-order valence-corrected chi connectivity index (χ1v) is 9.44. The van der Waals surface area contributed by atoms with E-state index in [9.17, 15) is 10.2 Å². The number of phenolic OH excluding ortho intramolecular Hbond substituents is 2. The van der Waals surface area contributed by atoms with Crippen LogP contribution < -0.4 is 27.4 Å². The summed E-state index contributed by atoms with van der Waals surface area (Å²) < 4.78 is 5.65. The zero-order chi connectivity index (χ0) is 17.9. The minimum absolute atomic E-state index is 0. The van der Waals surface area contributed by atoms with Crippen molar-refractivity contribution < 1.29 is 27.4 Å². The van der Waals surface area contributed by atoms with Crippen molar-refractivity contribution in [2.45, 2.75) is 51.2 Å². The van der Waals surface area contributed by atoms with Crippen molar-refractivity contribution in [1.82, 2.24) is 5.32 Å². The second-order valence-corrected chi connectivity index (χ2v) is 7.26. The second-order valence-electron chi connectivity index (χ2n) is 7.26. The van der Waals surface area contributed by atoms with Crippen molar-refractivity contribution in [2.75, 3.05) is 11.6 Å². The predicted octanol–water partition coefficient (Wildman–Crippen LogP) is 0.881. The molecule has 4 rings (SSSR count). The normalized spacial score (nSPS) is 16.5. The summed E-state index contributed by atoms with van der Waals surface area (Å²) in [7, 11) is 0. The monoisotopic (exact) mass is 389 g/mol. The van der Waals surface area contributed by atoms with E-state index in [4.69, 9.17) is 4.74 Å². The Morgan fingerprint density at radius 3 is 2.52 bits per heavy atom. The molecule has 1 aliphatic heterocycles. The van der Waals surface area contributed by atoms with Gasteiger partial charge in [-0.3, -0.25) is 0 Å². The Balaban J connectivity index is 0.00000210. The maximum absolute atomic E-state index is 10.5. The highest BCUT2D eigenvalue weighted by atomic mass is 35.5. The van der Waals surface area contributed by atoms with E-state index in [0.717, 1.165) is 17.0 Å². The van der Waals surface area contributed by atoms with Crippen LogP contribution in [0.25, 0.3) is 0 Å². The summed E-state index contributed by atoms with van der Waals surface area (Å²) in [4.78, 5) is 2.05. The van der Waals surface area contributed by atoms with Crippen molar-refractivity contribution in [1.29, 1.82) is 0 Å². The van der Waals surface area contributed by atoms with E-state index in [-0.39, 0.29) is 23.9 Å². The number of nitrogens with one attached hydrogen (secondary N) is 1. The predicted molar refractivity (Wildman–Crippen MR) is 102 cm³/mol.